The minimum Gasteiger partial charge on any atom is -0.444 e. The Morgan fingerprint density at radius 2 is 1.57 bits per heavy atom. The van der Waals surface area contributed by atoms with Crippen molar-refractivity contribution in [3.8, 4) is 0 Å². The Balaban J connectivity index is 1.09. The maximum Gasteiger partial charge on any atom is 0.407 e. The molecule has 242 valence electrons. The number of amides is 2. The van der Waals surface area contributed by atoms with Crippen LogP contribution in [0, 0.1) is 17.8 Å². The quantitative estimate of drug-likeness (QED) is 0.320. The van der Waals surface area contributed by atoms with Crippen molar-refractivity contribution in [3.05, 3.63) is 35.9 Å². The number of anilines is 1. The summed E-state index contributed by atoms with van der Waals surface area (Å²) in [5, 5.41) is 10.8. The van der Waals surface area contributed by atoms with Crippen LogP contribution in [-0.4, -0.2) is 74.6 Å². The van der Waals surface area contributed by atoms with Gasteiger partial charge in [0.25, 0.3) is 5.91 Å². The molecule has 0 bridgehead atoms. The topological polar surface area (TPSA) is 105 Å². The van der Waals surface area contributed by atoms with Crippen LogP contribution in [0.3, 0.4) is 0 Å². The first-order valence-electron chi connectivity index (χ1n) is 16.9. The Bertz CT molecular complexity index is 1230. The molecule has 0 atom stereocenters. The van der Waals surface area contributed by atoms with E-state index in [1.165, 1.54) is 6.42 Å². The van der Waals surface area contributed by atoms with Crippen LogP contribution in [0.1, 0.15) is 88.9 Å². The number of carbonyl (C=O) groups is 2. The Labute approximate surface area is 263 Å². The number of nitrogens with one attached hydrogen (secondary N) is 3. The molecule has 9 heteroatoms. The lowest BCUT2D eigenvalue weighted by Crippen LogP contribution is -2.38. The summed E-state index contributed by atoms with van der Waals surface area (Å²) in [6.45, 7) is 11.7. The summed E-state index contributed by atoms with van der Waals surface area (Å²) in [6.07, 6.45) is 9.59. The van der Waals surface area contributed by atoms with Gasteiger partial charge in [-0.15, -0.1) is 0 Å². The number of carbonyl (C=O) groups excluding carboxylic acids is 2. The summed E-state index contributed by atoms with van der Waals surface area (Å²) >= 11 is 0. The molecule has 9 nitrogen and oxygen atoms in total. The number of alkyl carbamates (subject to hydrolysis) is 1. The lowest BCUT2D eigenvalue weighted by Gasteiger charge is -2.33. The molecule has 3 heterocycles. The van der Waals surface area contributed by atoms with Gasteiger partial charge in [0.05, 0.1) is 11.1 Å². The number of benzene rings is 1. The average molecular weight is 608 g/mol. The summed E-state index contributed by atoms with van der Waals surface area (Å²) in [5.74, 6) is 2.51. The van der Waals surface area contributed by atoms with Gasteiger partial charge in [0.2, 0.25) is 0 Å². The fraction of sp³-hybridized carbons (Fsp3) is 0.686. The zero-order valence-electron chi connectivity index (χ0n) is 27.0. The molecule has 2 amide bonds. The maximum absolute atomic E-state index is 13.6. The first-order chi connectivity index (χ1) is 21.2. The van der Waals surface area contributed by atoms with Crippen molar-refractivity contribution in [2.45, 2.75) is 90.2 Å². The van der Waals surface area contributed by atoms with Gasteiger partial charge in [-0.2, -0.15) is 0 Å². The van der Waals surface area contributed by atoms with Crippen molar-refractivity contribution in [1.29, 1.82) is 0 Å². The number of piperidine rings is 1. The third-order valence-corrected chi connectivity index (χ3v) is 9.54. The van der Waals surface area contributed by atoms with Gasteiger partial charge in [0.1, 0.15) is 11.4 Å². The Hall–Kier alpha value is -2.91. The average Bonchev–Trinajstić information content (AvgIpc) is 3.02. The predicted octanol–water partition coefficient (Wildman–Crippen LogP) is 5.67. The molecule has 2 aromatic rings. The second kappa shape index (κ2) is 15.4. The summed E-state index contributed by atoms with van der Waals surface area (Å²) in [5.41, 5.74) is 1.10. The molecule has 1 aromatic carbocycles. The SMILES string of the molecule is CC(C)(C)OC(=O)NCC1CCC(CNC(=O)c2cc(N3CCC(CCNC4CCOCC4)CC3)nc3ccccc23)CC1. The molecule has 0 radical (unpaired) electrons. The highest BCUT2D eigenvalue weighted by Gasteiger charge is 2.25. The van der Waals surface area contributed by atoms with E-state index in [-0.39, 0.29) is 12.0 Å². The summed E-state index contributed by atoms with van der Waals surface area (Å²) < 4.78 is 10.8. The van der Waals surface area contributed by atoms with E-state index in [0.29, 0.717) is 36.5 Å². The van der Waals surface area contributed by atoms with Gasteiger partial charge in [0.15, 0.2) is 0 Å². The number of para-hydroxylation sites is 1. The zero-order valence-corrected chi connectivity index (χ0v) is 27.0. The number of aromatic nitrogens is 1. The molecule has 1 saturated carbocycles. The molecule has 0 unspecified atom stereocenters. The van der Waals surface area contributed by atoms with E-state index in [1.54, 1.807) is 0 Å². The zero-order chi connectivity index (χ0) is 30.9. The van der Waals surface area contributed by atoms with Crippen molar-refractivity contribution in [2.75, 3.05) is 50.8 Å². The van der Waals surface area contributed by atoms with E-state index >= 15 is 0 Å². The fourth-order valence-corrected chi connectivity index (χ4v) is 6.87. The number of rotatable bonds is 10. The molecular weight excluding hydrogens is 554 g/mol. The molecule has 1 aromatic heterocycles. The van der Waals surface area contributed by atoms with E-state index < -0.39 is 5.60 Å². The lowest BCUT2D eigenvalue weighted by molar-refractivity contribution is 0.0512. The van der Waals surface area contributed by atoms with Gasteiger partial charge in [-0.25, -0.2) is 9.78 Å². The minimum absolute atomic E-state index is 0.0207. The van der Waals surface area contributed by atoms with Gasteiger partial charge < -0.3 is 30.3 Å². The van der Waals surface area contributed by atoms with Gasteiger partial charge in [-0.1, -0.05) is 18.2 Å². The highest BCUT2D eigenvalue weighted by Crippen LogP contribution is 2.30. The number of hydrogen-bond acceptors (Lipinski definition) is 7. The van der Waals surface area contributed by atoms with E-state index in [1.807, 2.05) is 51.1 Å². The number of pyridine rings is 1. The molecule has 0 spiro atoms. The second-order valence-electron chi connectivity index (χ2n) is 14.1. The molecule has 3 N–H and O–H groups in total. The monoisotopic (exact) mass is 607 g/mol. The van der Waals surface area contributed by atoms with Crippen LogP contribution >= 0.6 is 0 Å². The van der Waals surface area contributed by atoms with Gasteiger partial charge >= 0.3 is 6.09 Å². The lowest BCUT2D eigenvalue weighted by atomic mass is 9.82. The van der Waals surface area contributed by atoms with Gasteiger partial charge in [-0.05, 0) is 115 Å². The maximum atomic E-state index is 13.6. The minimum atomic E-state index is -0.486. The molecule has 2 saturated heterocycles. The van der Waals surface area contributed by atoms with Gasteiger partial charge in [-0.3, -0.25) is 4.79 Å². The van der Waals surface area contributed by atoms with Crippen molar-refractivity contribution in [3.63, 3.8) is 0 Å². The van der Waals surface area contributed by atoms with E-state index in [2.05, 4.69) is 20.9 Å². The van der Waals surface area contributed by atoms with Crippen molar-refractivity contribution >= 4 is 28.7 Å². The third kappa shape index (κ3) is 9.54. The second-order valence-corrected chi connectivity index (χ2v) is 14.1. The van der Waals surface area contributed by atoms with Crippen molar-refractivity contribution in [2.24, 2.45) is 17.8 Å². The summed E-state index contributed by atoms with van der Waals surface area (Å²) in [6, 6.07) is 10.6. The standard InChI is InChI=1S/C35H53N5O4/c1-35(2,3)44-34(42)38-24-27-10-8-26(9-11-27)23-37-33(41)30-22-32(39-31-7-5-4-6-29(30)31)40-18-13-25(14-19-40)12-17-36-28-15-20-43-21-16-28/h4-7,22,25-28,36H,8-21,23-24H2,1-3H3,(H,37,41)(H,38,42). The Kier molecular flexibility index (Phi) is 11.4. The molecule has 3 aliphatic rings. The fourth-order valence-electron chi connectivity index (χ4n) is 6.87. The van der Waals surface area contributed by atoms with E-state index in [4.69, 9.17) is 14.5 Å². The van der Waals surface area contributed by atoms with Gasteiger partial charge in [0, 0.05) is 50.8 Å². The largest absolute Gasteiger partial charge is 0.444 e. The molecule has 2 aliphatic heterocycles. The van der Waals surface area contributed by atoms with Crippen LogP contribution in [-0.2, 0) is 9.47 Å². The number of ether oxygens (including phenoxy) is 2. The van der Waals surface area contributed by atoms with E-state index in [0.717, 1.165) is 107 Å². The van der Waals surface area contributed by atoms with Crippen LogP contribution < -0.4 is 20.9 Å². The van der Waals surface area contributed by atoms with Crippen LogP contribution in [0.5, 0.6) is 0 Å². The highest BCUT2D eigenvalue weighted by molar-refractivity contribution is 6.07. The first-order valence-corrected chi connectivity index (χ1v) is 16.9. The van der Waals surface area contributed by atoms with Crippen LogP contribution in [0.2, 0.25) is 0 Å². The molecule has 44 heavy (non-hydrogen) atoms. The molecule has 3 fully saturated rings. The number of fused-ring (bicyclic) bond motifs is 1. The number of nitrogens with zero attached hydrogens (tertiary/aromatic N) is 2. The number of hydrogen-bond donors (Lipinski definition) is 3. The Morgan fingerprint density at radius 3 is 2.25 bits per heavy atom. The summed E-state index contributed by atoms with van der Waals surface area (Å²) in [4.78, 5) is 32.9. The van der Waals surface area contributed by atoms with Crippen LogP contribution in [0.15, 0.2) is 30.3 Å². The first kappa shape index (κ1) is 32.5. The van der Waals surface area contributed by atoms with Crippen LogP contribution in [0.25, 0.3) is 10.9 Å². The van der Waals surface area contributed by atoms with Crippen molar-refractivity contribution < 1.29 is 19.1 Å². The third-order valence-electron chi connectivity index (χ3n) is 9.54. The Morgan fingerprint density at radius 1 is 0.909 bits per heavy atom. The van der Waals surface area contributed by atoms with Crippen LogP contribution in [0.4, 0.5) is 10.6 Å². The van der Waals surface area contributed by atoms with E-state index in [9.17, 15) is 9.59 Å². The molecule has 5 rings (SSSR count). The normalized spacial score (nSPS) is 22.1. The van der Waals surface area contributed by atoms with Crippen molar-refractivity contribution in [1.82, 2.24) is 20.9 Å². The predicted molar refractivity (Wildman–Crippen MR) is 175 cm³/mol. The summed E-state index contributed by atoms with van der Waals surface area (Å²) in [7, 11) is 0. The molecular formula is C35H53N5O4. The molecule has 1 aliphatic carbocycles. The smallest absolute Gasteiger partial charge is 0.407 e. The highest BCUT2D eigenvalue weighted by atomic mass is 16.6.